The molecule has 0 saturated heterocycles. The van der Waals surface area contributed by atoms with Crippen molar-refractivity contribution in [2.45, 2.75) is 38.7 Å². The van der Waals surface area contributed by atoms with Crippen molar-refractivity contribution in [3.05, 3.63) is 35.4 Å². The number of hydrogen-bond acceptors (Lipinski definition) is 6. The smallest absolute Gasteiger partial charge is 0.337 e. The largest absolute Gasteiger partial charge is 0.465 e. The molecule has 0 bridgehead atoms. The first-order chi connectivity index (χ1) is 11.6. The molecule has 6 heteroatoms. The van der Waals surface area contributed by atoms with Crippen LogP contribution in [0.25, 0.3) is 0 Å². The van der Waals surface area contributed by atoms with Gasteiger partial charge in [-0.1, -0.05) is 12.1 Å². The topological polar surface area (TPSA) is 97.7 Å². The summed E-state index contributed by atoms with van der Waals surface area (Å²) in [6.07, 6.45) is -0.238. The second kappa shape index (κ2) is 6.88. The number of methoxy groups -OCH3 is 1. The highest BCUT2D eigenvalue weighted by Crippen LogP contribution is 2.46. The summed E-state index contributed by atoms with van der Waals surface area (Å²) in [6, 6.07) is 6.22. The molecule has 0 aromatic heterocycles. The fourth-order valence-corrected chi connectivity index (χ4v) is 3.87. The highest BCUT2D eigenvalue weighted by Gasteiger charge is 2.53. The van der Waals surface area contributed by atoms with E-state index in [1.54, 1.807) is 12.1 Å². The Bertz CT molecular complexity index is 716. The first kappa shape index (κ1) is 19.0. The molecule has 1 fully saturated rings. The van der Waals surface area contributed by atoms with E-state index >= 15 is 0 Å². The Balaban J connectivity index is 2.56. The predicted octanol–water partition coefficient (Wildman–Crippen LogP) is 1.69. The van der Waals surface area contributed by atoms with Crippen molar-refractivity contribution in [3.63, 3.8) is 0 Å². The average Bonchev–Trinajstić information content (AvgIpc) is 2.51. The van der Waals surface area contributed by atoms with Crippen LogP contribution in [-0.2, 0) is 19.1 Å². The molecule has 0 amide bonds. The summed E-state index contributed by atoms with van der Waals surface area (Å²) in [7, 11) is 1.27. The Hall–Kier alpha value is -2.34. The van der Waals surface area contributed by atoms with E-state index in [4.69, 9.17) is 0 Å². The van der Waals surface area contributed by atoms with Crippen LogP contribution in [0.5, 0.6) is 0 Å². The lowest BCUT2D eigenvalue weighted by Crippen LogP contribution is -2.53. The number of rotatable bonds is 4. The van der Waals surface area contributed by atoms with Gasteiger partial charge < -0.3 is 9.84 Å². The zero-order valence-electron chi connectivity index (χ0n) is 14.7. The van der Waals surface area contributed by atoms with Crippen LogP contribution in [-0.4, -0.2) is 41.1 Å². The number of aliphatic hydroxyl groups is 1. The molecule has 1 aliphatic rings. The molecular weight excluding hydrogens is 324 g/mol. The summed E-state index contributed by atoms with van der Waals surface area (Å²) >= 11 is 0. The van der Waals surface area contributed by atoms with Gasteiger partial charge in [0.1, 0.15) is 17.3 Å². The van der Waals surface area contributed by atoms with E-state index in [-0.39, 0.29) is 23.8 Å². The van der Waals surface area contributed by atoms with Crippen LogP contribution < -0.4 is 0 Å². The molecule has 1 saturated carbocycles. The van der Waals surface area contributed by atoms with Crippen LogP contribution in [0.2, 0.25) is 0 Å². The van der Waals surface area contributed by atoms with E-state index in [1.165, 1.54) is 40.0 Å². The van der Waals surface area contributed by atoms with Gasteiger partial charge in [-0.25, -0.2) is 4.79 Å². The molecule has 134 valence electrons. The van der Waals surface area contributed by atoms with Crippen LogP contribution in [0.3, 0.4) is 0 Å². The molecule has 25 heavy (non-hydrogen) atoms. The molecule has 6 nitrogen and oxygen atoms in total. The number of esters is 1. The maximum absolute atomic E-state index is 12.5. The van der Waals surface area contributed by atoms with Gasteiger partial charge in [0.15, 0.2) is 0 Å². The predicted molar refractivity (Wildman–Crippen MR) is 89.1 cm³/mol. The second-order valence-corrected chi connectivity index (χ2v) is 6.82. The fourth-order valence-electron chi connectivity index (χ4n) is 3.87. The quantitative estimate of drug-likeness (QED) is 0.658. The van der Waals surface area contributed by atoms with Crippen molar-refractivity contribution >= 4 is 23.3 Å². The fraction of sp³-hybridized carbons (Fsp3) is 0.474. The number of Topliss-reactive ketones (excluding diaryl/α,β-unsaturated/α-hetero) is 3. The SMILES string of the molecule is COC(=O)c1ccc([C@H]2[C@H](C(C)=O)C(=O)C[C@](C)(O)[C@H]2C(C)=O)cc1. The number of ether oxygens (including phenoxy) is 1. The summed E-state index contributed by atoms with van der Waals surface area (Å²) in [4.78, 5) is 48.4. The minimum Gasteiger partial charge on any atom is -0.465 e. The first-order valence-corrected chi connectivity index (χ1v) is 8.04. The maximum Gasteiger partial charge on any atom is 0.337 e. The Morgan fingerprint density at radius 2 is 1.68 bits per heavy atom. The van der Waals surface area contributed by atoms with Crippen LogP contribution in [0.4, 0.5) is 0 Å². The van der Waals surface area contributed by atoms with E-state index in [0.717, 1.165) is 0 Å². The van der Waals surface area contributed by atoms with E-state index in [9.17, 15) is 24.3 Å². The van der Waals surface area contributed by atoms with Gasteiger partial charge in [-0.2, -0.15) is 0 Å². The molecule has 1 N–H and O–H groups in total. The third-order valence-electron chi connectivity index (χ3n) is 4.86. The van der Waals surface area contributed by atoms with E-state index in [1.807, 2.05) is 0 Å². The average molecular weight is 346 g/mol. The molecule has 2 rings (SSSR count). The van der Waals surface area contributed by atoms with Gasteiger partial charge in [-0.3, -0.25) is 14.4 Å². The lowest BCUT2D eigenvalue weighted by Gasteiger charge is -2.44. The van der Waals surface area contributed by atoms with Gasteiger partial charge in [-0.05, 0) is 38.5 Å². The van der Waals surface area contributed by atoms with E-state index in [2.05, 4.69) is 4.74 Å². The summed E-state index contributed by atoms with van der Waals surface area (Å²) in [5, 5.41) is 10.7. The van der Waals surface area contributed by atoms with Gasteiger partial charge in [0, 0.05) is 12.3 Å². The normalized spacial score (nSPS) is 29.2. The van der Waals surface area contributed by atoms with Gasteiger partial charge in [0.05, 0.1) is 30.1 Å². The van der Waals surface area contributed by atoms with Gasteiger partial charge in [0.25, 0.3) is 0 Å². The van der Waals surface area contributed by atoms with Gasteiger partial charge in [0.2, 0.25) is 0 Å². The summed E-state index contributed by atoms with van der Waals surface area (Å²) in [5.74, 6) is -4.15. The van der Waals surface area contributed by atoms with Crippen molar-refractivity contribution in [2.24, 2.45) is 11.8 Å². The second-order valence-electron chi connectivity index (χ2n) is 6.82. The van der Waals surface area contributed by atoms with Crippen LogP contribution in [0, 0.1) is 11.8 Å². The minimum atomic E-state index is -1.53. The third-order valence-corrected chi connectivity index (χ3v) is 4.86. The summed E-state index contributed by atoms with van der Waals surface area (Å²) < 4.78 is 4.65. The third kappa shape index (κ3) is 3.54. The summed E-state index contributed by atoms with van der Waals surface area (Å²) in [5.41, 5.74) is -0.652. The molecule has 1 aliphatic carbocycles. The standard InChI is InChI=1S/C19H22O6/c1-10(20)15-14(22)9-19(3,24)17(11(2)21)16(15)12-5-7-13(8-6-12)18(23)25-4/h5-8,15-17,24H,9H2,1-4H3/t15-,16+,17+,19+/m1/s1. The highest BCUT2D eigenvalue weighted by molar-refractivity contribution is 6.05. The number of carbonyl (C=O) groups is 4. The lowest BCUT2D eigenvalue weighted by atomic mass is 9.60. The van der Waals surface area contributed by atoms with Crippen molar-refractivity contribution in [1.29, 1.82) is 0 Å². The summed E-state index contributed by atoms with van der Waals surface area (Å²) in [6.45, 7) is 4.11. The Morgan fingerprint density at radius 1 is 1.12 bits per heavy atom. The molecular formula is C19H22O6. The Kier molecular flexibility index (Phi) is 5.23. The molecule has 0 heterocycles. The minimum absolute atomic E-state index is 0.238. The van der Waals surface area contributed by atoms with Crippen molar-refractivity contribution < 1.29 is 29.0 Å². The Labute approximate surface area is 146 Å². The number of hydrogen-bond donors (Lipinski definition) is 1. The molecule has 0 aliphatic heterocycles. The van der Waals surface area contributed by atoms with Crippen LogP contribution in [0.1, 0.15) is 49.0 Å². The van der Waals surface area contributed by atoms with E-state index < -0.39 is 29.3 Å². The Morgan fingerprint density at radius 3 is 2.12 bits per heavy atom. The number of benzene rings is 1. The molecule has 0 unspecified atom stereocenters. The van der Waals surface area contributed by atoms with Gasteiger partial charge in [-0.15, -0.1) is 0 Å². The van der Waals surface area contributed by atoms with Crippen molar-refractivity contribution in [2.75, 3.05) is 7.11 Å². The maximum atomic E-state index is 12.5. The molecule has 0 radical (unpaired) electrons. The number of carbonyl (C=O) groups excluding carboxylic acids is 4. The highest BCUT2D eigenvalue weighted by atomic mass is 16.5. The first-order valence-electron chi connectivity index (χ1n) is 8.04. The van der Waals surface area contributed by atoms with Gasteiger partial charge >= 0.3 is 5.97 Å². The molecule has 0 spiro atoms. The van der Waals surface area contributed by atoms with Crippen LogP contribution in [0.15, 0.2) is 24.3 Å². The zero-order chi connectivity index (χ0) is 18.9. The lowest BCUT2D eigenvalue weighted by molar-refractivity contribution is -0.151. The van der Waals surface area contributed by atoms with E-state index in [0.29, 0.717) is 11.1 Å². The zero-order valence-corrected chi connectivity index (χ0v) is 14.7. The molecule has 1 aromatic rings. The van der Waals surface area contributed by atoms with Crippen LogP contribution >= 0.6 is 0 Å². The molecule has 4 atom stereocenters. The number of ketones is 3. The van der Waals surface area contributed by atoms with Crippen molar-refractivity contribution in [3.8, 4) is 0 Å². The van der Waals surface area contributed by atoms with Crippen molar-refractivity contribution in [1.82, 2.24) is 0 Å². The molecule has 1 aromatic carbocycles. The monoisotopic (exact) mass is 346 g/mol.